The van der Waals surface area contributed by atoms with Crippen molar-refractivity contribution in [3.8, 4) is 0 Å². The molecule has 3 amide bonds. The third-order valence-electron chi connectivity index (χ3n) is 6.76. The highest BCUT2D eigenvalue weighted by Gasteiger charge is 2.30. The highest BCUT2D eigenvalue weighted by atomic mass is 16.6. The van der Waals surface area contributed by atoms with Gasteiger partial charge in [0.05, 0.1) is 19.2 Å². The average molecular weight is 593 g/mol. The summed E-state index contributed by atoms with van der Waals surface area (Å²) in [5, 5.41) is 12.4. The number of aliphatic carboxylic acids is 1. The Morgan fingerprint density at radius 3 is 2.17 bits per heavy atom. The van der Waals surface area contributed by atoms with Crippen LogP contribution in [-0.4, -0.2) is 120 Å². The first-order valence-electron chi connectivity index (χ1n) is 14.0. The fourth-order valence-corrected chi connectivity index (χ4v) is 4.07. The van der Waals surface area contributed by atoms with Crippen LogP contribution in [0.2, 0.25) is 0 Å². The van der Waals surface area contributed by atoms with E-state index in [0.717, 1.165) is 10.5 Å². The molecule has 234 valence electrons. The summed E-state index contributed by atoms with van der Waals surface area (Å²) >= 11 is 0. The zero-order valence-electron chi connectivity index (χ0n) is 25.3. The molecule has 0 bridgehead atoms. The third-order valence-corrected chi connectivity index (χ3v) is 6.76. The second-order valence-corrected chi connectivity index (χ2v) is 11.3. The lowest BCUT2D eigenvalue weighted by molar-refractivity contribution is -0.142. The number of carboxylic acid groups (broad SMARTS) is 1. The van der Waals surface area contributed by atoms with Crippen LogP contribution in [0.3, 0.4) is 0 Å². The van der Waals surface area contributed by atoms with Gasteiger partial charge in [-0.1, -0.05) is 37.3 Å². The highest BCUT2D eigenvalue weighted by molar-refractivity contribution is 5.89. The van der Waals surface area contributed by atoms with Crippen molar-refractivity contribution in [2.45, 2.75) is 58.9 Å². The summed E-state index contributed by atoms with van der Waals surface area (Å²) in [6, 6.07) is 7.40. The zero-order chi connectivity index (χ0) is 31.4. The lowest BCUT2D eigenvalue weighted by Crippen LogP contribution is -2.52. The summed E-state index contributed by atoms with van der Waals surface area (Å²) < 4.78 is 16.1. The maximum atomic E-state index is 12.6. The van der Waals surface area contributed by atoms with Crippen molar-refractivity contribution < 1.29 is 43.3 Å². The number of piperazine rings is 1. The minimum absolute atomic E-state index is 0.0387. The molecule has 1 saturated heterocycles. The highest BCUT2D eigenvalue weighted by Crippen LogP contribution is 2.12. The molecule has 2 rings (SSSR count). The lowest BCUT2D eigenvalue weighted by atomic mass is 10.0. The molecule has 1 fully saturated rings. The van der Waals surface area contributed by atoms with E-state index in [0.29, 0.717) is 26.2 Å². The van der Waals surface area contributed by atoms with Gasteiger partial charge in [-0.05, 0) is 33.3 Å². The quantitative estimate of drug-likeness (QED) is 0.347. The number of carbonyl (C=O) groups is 5. The van der Waals surface area contributed by atoms with Gasteiger partial charge in [0.2, 0.25) is 5.91 Å². The Morgan fingerprint density at radius 1 is 1.00 bits per heavy atom. The van der Waals surface area contributed by atoms with Crippen molar-refractivity contribution in [3.63, 3.8) is 0 Å². The van der Waals surface area contributed by atoms with E-state index < -0.39 is 41.8 Å². The minimum atomic E-state index is -1.17. The summed E-state index contributed by atoms with van der Waals surface area (Å²) in [5.41, 5.74) is 0.168. The van der Waals surface area contributed by atoms with Crippen LogP contribution in [-0.2, 0) is 35.2 Å². The number of Topliss-reactive ketones (excluding diaryl/α,β-unsaturated/α-hetero) is 1. The Hall–Kier alpha value is -3.71. The maximum absolute atomic E-state index is 12.6. The van der Waals surface area contributed by atoms with Gasteiger partial charge < -0.3 is 34.0 Å². The molecule has 1 aromatic carbocycles. The second kappa shape index (κ2) is 16.1. The molecule has 2 N–H and O–H groups in total. The van der Waals surface area contributed by atoms with E-state index in [9.17, 15) is 29.1 Å². The number of ether oxygens (including phenoxy) is 3. The van der Waals surface area contributed by atoms with Gasteiger partial charge in [0, 0.05) is 39.1 Å². The predicted molar refractivity (Wildman–Crippen MR) is 153 cm³/mol. The number of likely N-dealkylation sites (N-methyl/N-ethyl adjacent to an activating group) is 1. The number of amides is 3. The number of rotatable bonds is 13. The number of carboxylic acids is 1. The molecule has 1 aromatic rings. The number of carbonyl (C=O) groups excluding carboxylic acids is 4. The fraction of sp³-hybridized carbons (Fsp3) is 0.621. The van der Waals surface area contributed by atoms with Gasteiger partial charge in [-0.25, -0.2) is 9.59 Å². The minimum Gasteiger partial charge on any atom is -0.480 e. The smallest absolute Gasteiger partial charge is 0.410 e. The Bertz CT molecular complexity index is 1070. The molecule has 1 aliphatic heterocycles. The second-order valence-electron chi connectivity index (χ2n) is 11.3. The van der Waals surface area contributed by atoms with E-state index in [2.05, 4.69) is 5.32 Å². The van der Waals surface area contributed by atoms with Crippen LogP contribution in [0, 0.1) is 5.92 Å². The van der Waals surface area contributed by atoms with Crippen LogP contribution in [0.4, 0.5) is 9.59 Å². The number of hydrogen-bond donors (Lipinski definition) is 2. The monoisotopic (exact) mass is 592 g/mol. The molecular formula is C29H44N4O9. The van der Waals surface area contributed by atoms with E-state index in [1.54, 1.807) is 37.5 Å². The molecule has 0 unspecified atom stereocenters. The Balaban J connectivity index is 1.73. The molecule has 3 atom stereocenters. The number of nitrogens with zero attached hydrogens (tertiary/aromatic N) is 3. The molecular weight excluding hydrogens is 548 g/mol. The SMILES string of the molecule is C[C@H](COCC(=O)N1CCN(C(=O)OCc2ccccc2)CC1)[C@H](NCC(=O)[C@@H](C)N(C)C(=O)OC(C)(C)C)C(=O)O. The number of nitrogens with one attached hydrogen (secondary N) is 1. The van der Waals surface area contributed by atoms with Crippen LogP contribution < -0.4 is 5.32 Å². The predicted octanol–water partition coefficient (Wildman–Crippen LogP) is 1.99. The van der Waals surface area contributed by atoms with E-state index in [4.69, 9.17) is 14.2 Å². The van der Waals surface area contributed by atoms with Crippen molar-refractivity contribution in [2.75, 3.05) is 53.0 Å². The van der Waals surface area contributed by atoms with Crippen molar-refractivity contribution in [2.24, 2.45) is 5.92 Å². The fourth-order valence-electron chi connectivity index (χ4n) is 4.07. The van der Waals surface area contributed by atoms with Crippen molar-refractivity contribution in [3.05, 3.63) is 35.9 Å². The number of hydrogen-bond acceptors (Lipinski definition) is 9. The van der Waals surface area contributed by atoms with Gasteiger partial charge in [0.1, 0.15) is 24.9 Å². The van der Waals surface area contributed by atoms with E-state index in [1.165, 1.54) is 14.0 Å². The van der Waals surface area contributed by atoms with Crippen LogP contribution in [0.25, 0.3) is 0 Å². The van der Waals surface area contributed by atoms with Crippen LogP contribution >= 0.6 is 0 Å². The lowest BCUT2D eigenvalue weighted by Gasteiger charge is -2.34. The first-order chi connectivity index (χ1) is 19.7. The molecule has 0 saturated carbocycles. The van der Waals surface area contributed by atoms with Gasteiger partial charge in [-0.15, -0.1) is 0 Å². The zero-order valence-corrected chi connectivity index (χ0v) is 25.3. The van der Waals surface area contributed by atoms with E-state index in [-0.39, 0.29) is 38.1 Å². The van der Waals surface area contributed by atoms with Gasteiger partial charge in [-0.3, -0.25) is 19.7 Å². The standard InChI is InChI=1S/C29H44N4O9/c1-20(25(26(36)37)30-16-23(34)21(2)31(6)27(38)42-29(3,4)5)17-40-19-24(35)32-12-14-33(15-13-32)28(39)41-18-22-10-8-7-9-11-22/h7-11,20-21,25,30H,12-19H2,1-6H3,(H,36,37)/t20-,21-,25+/m1/s1. The molecule has 13 heteroatoms. The van der Waals surface area contributed by atoms with Crippen molar-refractivity contribution in [1.29, 1.82) is 0 Å². The van der Waals surface area contributed by atoms with Gasteiger partial charge in [0.15, 0.2) is 5.78 Å². The Kier molecular flexibility index (Phi) is 13.2. The Labute approximate surface area is 247 Å². The topological polar surface area (TPSA) is 155 Å². The summed E-state index contributed by atoms with van der Waals surface area (Å²) in [5.74, 6) is -2.40. The van der Waals surface area contributed by atoms with Crippen LogP contribution in [0.1, 0.15) is 40.2 Å². The van der Waals surface area contributed by atoms with Crippen molar-refractivity contribution in [1.82, 2.24) is 20.0 Å². The van der Waals surface area contributed by atoms with E-state index >= 15 is 0 Å². The number of ketones is 1. The molecule has 1 aliphatic rings. The van der Waals surface area contributed by atoms with Gasteiger partial charge in [-0.2, -0.15) is 0 Å². The normalized spacial score (nSPS) is 15.8. The van der Waals surface area contributed by atoms with Crippen LogP contribution in [0.15, 0.2) is 30.3 Å². The number of benzene rings is 1. The summed E-state index contributed by atoms with van der Waals surface area (Å²) in [7, 11) is 1.44. The first-order valence-corrected chi connectivity index (χ1v) is 14.0. The van der Waals surface area contributed by atoms with E-state index in [1.807, 2.05) is 30.3 Å². The largest absolute Gasteiger partial charge is 0.480 e. The molecule has 0 spiro atoms. The third kappa shape index (κ3) is 11.3. The summed E-state index contributed by atoms with van der Waals surface area (Å²) in [6.07, 6.45) is -1.10. The average Bonchev–Trinajstić information content (AvgIpc) is 2.94. The molecule has 0 radical (unpaired) electrons. The molecule has 0 aliphatic carbocycles. The Morgan fingerprint density at radius 2 is 1.60 bits per heavy atom. The maximum Gasteiger partial charge on any atom is 0.410 e. The summed E-state index contributed by atoms with van der Waals surface area (Å²) in [6.45, 7) is 9.24. The first kappa shape index (κ1) is 34.5. The summed E-state index contributed by atoms with van der Waals surface area (Å²) in [4.78, 5) is 66.0. The molecule has 42 heavy (non-hydrogen) atoms. The van der Waals surface area contributed by atoms with Gasteiger partial charge >= 0.3 is 18.2 Å². The van der Waals surface area contributed by atoms with Crippen LogP contribution in [0.5, 0.6) is 0 Å². The molecule has 0 aromatic heterocycles. The molecule has 1 heterocycles. The van der Waals surface area contributed by atoms with Gasteiger partial charge in [0.25, 0.3) is 0 Å². The van der Waals surface area contributed by atoms with Crippen molar-refractivity contribution >= 4 is 29.8 Å². The molecule has 13 nitrogen and oxygen atoms in total.